The first-order valence-corrected chi connectivity index (χ1v) is 6.05. The van der Waals surface area contributed by atoms with E-state index in [0.717, 1.165) is 21.2 Å². The van der Waals surface area contributed by atoms with Crippen LogP contribution >= 0.6 is 28.3 Å². The van der Waals surface area contributed by atoms with Crippen molar-refractivity contribution in [1.82, 2.24) is 0 Å². The van der Waals surface area contributed by atoms with Gasteiger partial charge < -0.3 is 10.8 Å². The Morgan fingerprint density at radius 3 is 2.50 bits per heavy atom. The maximum absolute atomic E-state index is 9.94. The van der Waals surface area contributed by atoms with Crippen LogP contribution in [0.5, 0.6) is 5.75 Å². The normalized spacial score (nSPS) is 16.8. The third-order valence-corrected chi connectivity index (χ3v) is 4.39. The van der Waals surface area contributed by atoms with E-state index in [-0.39, 0.29) is 18.4 Å². The van der Waals surface area contributed by atoms with Gasteiger partial charge in [0.1, 0.15) is 5.75 Å². The second kappa shape index (κ2) is 4.94. The average Bonchev–Trinajstić information content (AvgIpc) is 2.97. The van der Waals surface area contributed by atoms with Gasteiger partial charge >= 0.3 is 0 Å². The summed E-state index contributed by atoms with van der Waals surface area (Å²) in [5.74, 6) is 0.900. The van der Waals surface area contributed by atoms with Crippen LogP contribution in [0.4, 0.5) is 0 Å². The molecule has 0 heterocycles. The minimum Gasteiger partial charge on any atom is -0.508 e. The second-order valence-electron chi connectivity index (χ2n) is 4.43. The van der Waals surface area contributed by atoms with Gasteiger partial charge in [-0.2, -0.15) is 0 Å². The Balaban J connectivity index is 0.00000128. The van der Waals surface area contributed by atoms with Crippen molar-refractivity contribution in [2.75, 3.05) is 0 Å². The molecule has 90 valence electrons. The van der Waals surface area contributed by atoms with Crippen molar-refractivity contribution >= 4 is 28.3 Å². The minimum atomic E-state index is -0.0121. The lowest BCUT2D eigenvalue weighted by molar-refractivity contribution is 0.454. The van der Waals surface area contributed by atoms with E-state index in [4.69, 9.17) is 5.73 Å². The molecule has 1 atom stereocenters. The third kappa shape index (κ3) is 2.36. The minimum absolute atomic E-state index is 0. The fourth-order valence-electron chi connectivity index (χ4n) is 2.06. The molecule has 0 amide bonds. The standard InChI is InChI=1S/C12H16BrNO.ClH/c1-6-5-9(15)10(7(2)11(6)13)12(14)8-3-4-8;/h5,8,12,15H,3-4,14H2,1-2H3;1H/t12-;/m0./s1. The Kier molecular flexibility index (Phi) is 4.27. The van der Waals surface area contributed by atoms with Crippen LogP contribution in [-0.4, -0.2) is 5.11 Å². The molecule has 16 heavy (non-hydrogen) atoms. The van der Waals surface area contributed by atoms with Crippen LogP contribution in [0, 0.1) is 19.8 Å². The molecule has 0 aromatic heterocycles. The predicted molar refractivity (Wildman–Crippen MR) is 72.2 cm³/mol. The Morgan fingerprint density at radius 2 is 2.00 bits per heavy atom. The largest absolute Gasteiger partial charge is 0.508 e. The van der Waals surface area contributed by atoms with Crippen molar-refractivity contribution in [1.29, 1.82) is 0 Å². The monoisotopic (exact) mass is 305 g/mol. The summed E-state index contributed by atoms with van der Waals surface area (Å²) in [6.07, 6.45) is 2.37. The lowest BCUT2D eigenvalue weighted by Crippen LogP contribution is -2.14. The number of halogens is 2. The third-order valence-electron chi connectivity index (χ3n) is 3.17. The maximum atomic E-state index is 9.94. The van der Waals surface area contributed by atoms with Gasteiger partial charge in [-0.15, -0.1) is 12.4 Å². The Labute approximate surface area is 111 Å². The Bertz CT molecular complexity index is 404. The van der Waals surface area contributed by atoms with E-state index in [2.05, 4.69) is 15.9 Å². The van der Waals surface area contributed by atoms with Gasteiger partial charge in [-0.05, 0) is 49.8 Å². The second-order valence-corrected chi connectivity index (χ2v) is 5.22. The van der Waals surface area contributed by atoms with Gasteiger partial charge in [0.05, 0.1) is 0 Å². The molecule has 1 aliphatic rings. The van der Waals surface area contributed by atoms with Crippen LogP contribution in [0.25, 0.3) is 0 Å². The quantitative estimate of drug-likeness (QED) is 0.877. The number of hydrogen-bond donors (Lipinski definition) is 2. The average molecular weight is 307 g/mol. The van der Waals surface area contributed by atoms with Gasteiger partial charge in [0.15, 0.2) is 0 Å². The molecule has 1 saturated carbocycles. The van der Waals surface area contributed by atoms with Crippen LogP contribution in [0.15, 0.2) is 10.5 Å². The highest BCUT2D eigenvalue weighted by molar-refractivity contribution is 9.10. The molecular formula is C12H17BrClNO. The highest BCUT2D eigenvalue weighted by Crippen LogP contribution is 2.44. The summed E-state index contributed by atoms with van der Waals surface area (Å²) in [7, 11) is 0. The molecule has 2 rings (SSSR count). The van der Waals surface area contributed by atoms with E-state index in [9.17, 15) is 5.11 Å². The summed E-state index contributed by atoms with van der Waals surface area (Å²) in [4.78, 5) is 0. The highest BCUT2D eigenvalue weighted by Gasteiger charge is 2.32. The van der Waals surface area contributed by atoms with Gasteiger partial charge in [-0.1, -0.05) is 15.9 Å². The van der Waals surface area contributed by atoms with Crippen molar-refractivity contribution in [3.8, 4) is 5.75 Å². The summed E-state index contributed by atoms with van der Waals surface area (Å²) < 4.78 is 1.06. The molecule has 0 spiro atoms. The molecular weight excluding hydrogens is 289 g/mol. The van der Waals surface area contributed by atoms with E-state index in [0.29, 0.717) is 11.7 Å². The summed E-state index contributed by atoms with van der Waals surface area (Å²) in [6, 6.07) is 1.77. The van der Waals surface area contributed by atoms with Crippen molar-refractivity contribution in [2.24, 2.45) is 11.7 Å². The van der Waals surface area contributed by atoms with E-state index >= 15 is 0 Å². The molecule has 2 nitrogen and oxygen atoms in total. The van der Waals surface area contributed by atoms with Gasteiger partial charge in [0, 0.05) is 16.1 Å². The topological polar surface area (TPSA) is 46.2 Å². The van der Waals surface area contributed by atoms with Crippen molar-refractivity contribution < 1.29 is 5.11 Å². The van der Waals surface area contributed by atoms with Gasteiger partial charge in [-0.25, -0.2) is 0 Å². The molecule has 1 aromatic carbocycles. The molecule has 3 N–H and O–H groups in total. The van der Waals surface area contributed by atoms with Crippen LogP contribution in [-0.2, 0) is 0 Å². The first kappa shape index (κ1) is 13.8. The summed E-state index contributed by atoms with van der Waals surface area (Å²) in [6.45, 7) is 3.98. The van der Waals surface area contributed by atoms with Crippen LogP contribution < -0.4 is 5.73 Å². The van der Waals surface area contributed by atoms with Gasteiger partial charge in [0.2, 0.25) is 0 Å². The molecule has 0 aliphatic heterocycles. The number of aryl methyl sites for hydroxylation is 1. The fourth-order valence-corrected chi connectivity index (χ4v) is 2.39. The molecule has 1 aromatic rings. The van der Waals surface area contributed by atoms with E-state index in [1.54, 1.807) is 6.07 Å². The Hall–Kier alpha value is -0.250. The first-order chi connectivity index (χ1) is 7.02. The van der Waals surface area contributed by atoms with Gasteiger partial charge in [-0.3, -0.25) is 0 Å². The zero-order valence-corrected chi connectivity index (χ0v) is 11.9. The Morgan fingerprint density at radius 1 is 1.44 bits per heavy atom. The molecule has 1 fully saturated rings. The van der Waals surface area contributed by atoms with Crippen molar-refractivity contribution in [3.05, 3.63) is 27.2 Å². The molecule has 0 saturated heterocycles. The zero-order valence-electron chi connectivity index (χ0n) is 9.46. The van der Waals surface area contributed by atoms with Crippen molar-refractivity contribution in [3.63, 3.8) is 0 Å². The van der Waals surface area contributed by atoms with Crippen LogP contribution in [0.1, 0.15) is 35.6 Å². The zero-order chi connectivity index (χ0) is 11.2. The predicted octanol–water partition coefficient (Wildman–Crippen LogP) is 3.60. The maximum Gasteiger partial charge on any atom is 0.120 e. The van der Waals surface area contributed by atoms with Crippen LogP contribution in [0.3, 0.4) is 0 Å². The summed E-state index contributed by atoms with van der Waals surface area (Å²) in [5.41, 5.74) is 9.18. The summed E-state index contributed by atoms with van der Waals surface area (Å²) >= 11 is 3.54. The number of benzene rings is 1. The summed E-state index contributed by atoms with van der Waals surface area (Å²) in [5, 5.41) is 9.94. The number of hydrogen-bond acceptors (Lipinski definition) is 2. The molecule has 4 heteroatoms. The van der Waals surface area contributed by atoms with Gasteiger partial charge in [0.25, 0.3) is 0 Å². The van der Waals surface area contributed by atoms with E-state index in [1.165, 1.54) is 12.8 Å². The SMILES string of the molecule is Cc1cc(O)c([C@@H](N)C2CC2)c(C)c1Br.Cl. The highest BCUT2D eigenvalue weighted by atomic mass is 79.9. The number of phenols is 1. The molecule has 1 aliphatic carbocycles. The number of nitrogens with two attached hydrogens (primary N) is 1. The number of rotatable bonds is 2. The van der Waals surface area contributed by atoms with Crippen molar-refractivity contribution in [2.45, 2.75) is 32.7 Å². The molecule has 0 bridgehead atoms. The van der Waals surface area contributed by atoms with E-state index in [1.807, 2.05) is 13.8 Å². The molecule has 0 radical (unpaired) electrons. The van der Waals surface area contributed by atoms with E-state index < -0.39 is 0 Å². The number of aromatic hydroxyl groups is 1. The fraction of sp³-hybridized carbons (Fsp3) is 0.500. The smallest absolute Gasteiger partial charge is 0.120 e. The molecule has 0 unspecified atom stereocenters. The number of phenolic OH excluding ortho intramolecular Hbond substituents is 1. The first-order valence-electron chi connectivity index (χ1n) is 5.26. The lowest BCUT2D eigenvalue weighted by atomic mass is 9.95. The lowest BCUT2D eigenvalue weighted by Gasteiger charge is -2.18. The van der Waals surface area contributed by atoms with Crippen LogP contribution in [0.2, 0.25) is 0 Å².